The number of imidazole rings is 1. The molecule has 0 aromatic carbocycles. The molecule has 2 N–H and O–H groups in total. The van der Waals surface area contributed by atoms with Crippen LogP contribution in [0.3, 0.4) is 0 Å². The van der Waals surface area contributed by atoms with Crippen LogP contribution in [0, 0.1) is 13.8 Å². The van der Waals surface area contributed by atoms with Gasteiger partial charge in [0.15, 0.2) is 0 Å². The van der Waals surface area contributed by atoms with Crippen molar-refractivity contribution >= 4 is 17.2 Å². The summed E-state index contributed by atoms with van der Waals surface area (Å²) in [5.74, 6) is -0.0430. The molecule has 0 aliphatic rings. The SMILES string of the molecule is Cc1[nH]c(=O)n(CCC(=O)NCc2cccs2)c1C. The van der Waals surface area contributed by atoms with Crippen LogP contribution in [0.15, 0.2) is 22.3 Å². The Balaban J connectivity index is 1.85. The third kappa shape index (κ3) is 3.35. The first kappa shape index (κ1) is 13.6. The second-order valence-corrected chi connectivity index (χ2v) is 5.43. The van der Waals surface area contributed by atoms with Crippen LogP contribution < -0.4 is 11.0 Å². The van der Waals surface area contributed by atoms with Gasteiger partial charge in [0.05, 0.1) is 6.54 Å². The van der Waals surface area contributed by atoms with Gasteiger partial charge in [0.25, 0.3) is 0 Å². The van der Waals surface area contributed by atoms with E-state index in [4.69, 9.17) is 0 Å². The molecule has 5 nitrogen and oxygen atoms in total. The lowest BCUT2D eigenvalue weighted by Gasteiger charge is -2.05. The van der Waals surface area contributed by atoms with Crippen LogP contribution in [-0.2, 0) is 17.9 Å². The van der Waals surface area contributed by atoms with Crippen molar-refractivity contribution in [3.05, 3.63) is 44.3 Å². The van der Waals surface area contributed by atoms with E-state index in [1.807, 2.05) is 31.4 Å². The zero-order valence-corrected chi connectivity index (χ0v) is 11.8. The van der Waals surface area contributed by atoms with Gasteiger partial charge in [0.1, 0.15) is 0 Å². The van der Waals surface area contributed by atoms with Gasteiger partial charge in [0.2, 0.25) is 5.91 Å². The molecule has 2 rings (SSSR count). The highest BCUT2D eigenvalue weighted by molar-refractivity contribution is 7.09. The predicted molar refractivity (Wildman–Crippen MR) is 75.3 cm³/mol. The second-order valence-electron chi connectivity index (χ2n) is 4.40. The summed E-state index contributed by atoms with van der Waals surface area (Å²) in [4.78, 5) is 27.2. The Morgan fingerprint density at radius 2 is 2.26 bits per heavy atom. The van der Waals surface area contributed by atoms with Crippen molar-refractivity contribution in [3.63, 3.8) is 0 Å². The van der Waals surface area contributed by atoms with Gasteiger partial charge in [0, 0.05) is 29.2 Å². The van der Waals surface area contributed by atoms with Gasteiger partial charge in [-0.15, -0.1) is 11.3 Å². The topological polar surface area (TPSA) is 66.9 Å². The summed E-state index contributed by atoms with van der Waals surface area (Å²) in [7, 11) is 0. The molecule has 0 aliphatic heterocycles. The number of amides is 1. The van der Waals surface area contributed by atoms with E-state index in [1.165, 1.54) is 0 Å². The minimum Gasteiger partial charge on any atom is -0.351 e. The Kier molecular flexibility index (Phi) is 4.21. The van der Waals surface area contributed by atoms with Crippen molar-refractivity contribution in [3.8, 4) is 0 Å². The highest BCUT2D eigenvalue weighted by atomic mass is 32.1. The summed E-state index contributed by atoms with van der Waals surface area (Å²) >= 11 is 1.61. The average molecular weight is 279 g/mol. The van der Waals surface area contributed by atoms with Crippen molar-refractivity contribution in [1.82, 2.24) is 14.9 Å². The molecule has 19 heavy (non-hydrogen) atoms. The van der Waals surface area contributed by atoms with Gasteiger partial charge in [-0.05, 0) is 25.3 Å². The summed E-state index contributed by atoms with van der Waals surface area (Å²) in [6.45, 7) is 4.68. The highest BCUT2D eigenvalue weighted by Crippen LogP contribution is 2.07. The predicted octanol–water partition coefficient (Wildman–Crippen LogP) is 1.56. The number of hydrogen-bond donors (Lipinski definition) is 2. The number of aromatic amines is 1. The molecule has 2 aromatic heterocycles. The number of carbonyl (C=O) groups excluding carboxylic acids is 1. The van der Waals surface area contributed by atoms with Gasteiger partial charge in [-0.25, -0.2) is 4.79 Å². The van der Waals surface area contributed by atoms with Gasteiger partial charge < -0.3 is 10.3 Å². The van der Waals surface area contributed by atoms with Gasteiger partial charge in [-0.2, -0.15) is 0 Å². The summed E-state index contributed by atoms with van der Waals surface area (Å²) in [5, 5.41) is 4.83. The van der Waals surface area contributed by atoms with E-state index in [-0.39, 0.29) is 11.6 Å². The fourth-order valence-electron chi connectivity index (χ4n) is 1.84. The molecule has 0 spiro atoms. The first-order valence-corrected chi connectivity index (χ1v) is 7.01. The van der Waals surface area contributed by atoms with E-state index < -0.39 is 0 Å². The molecule has 0 fully saturated rings. The van der Waals surface area contributed by atoms with Crippen LogP contribution in [0.4, 0.5) is 0 Å². The molecule has 0 aliphatic carbocycles. The minimum atomic E-state index is -0.152. The number of nitrogens with zero attached hydrogens (tertiary/aromatic N) is 1. The van der Waals surface area contributed by atoms with E-state index in [1.54, 1.807) is 15.9 Å². The first-order chi connectivity index (χ1) is 9.08. The number of rotatable bonds is 5. The quantitative estimate of drug-likeness (QED) is 0.872. The summed E-state index contributed by atoms with van der Waals surface area (Å²) < 4.78 is 1.60. The Hall–Kier alpha value is -1.82. The Bertz CT molecular complexity index is 610. The van der Waals surface area contributed by atoms with Crippen molar-refractivity contribution < 1.29 is 4.79 Å². The van der Waals surface area contributed by atoms with Crippen molar-refractivity contribution in [2.75, 3.05) is 0 Å². The molecular weight excluding hydrogens is 262 g/mol. The number of nitrogens with one attached hydrogen (secondary N) is 2. The largest absolute Gasteiger partial charge is 0.351 e. The molecule has 102 valence electrons. The fourth-order valence-corrected chi connectivity index (χ4v) is 2.49. The van der Waals surface area contributed by atoms with Crippen LogP contribution in [0.2, 0.25) is 0 Å². The molecule has 0 unspecified atom stereocenters. The number of thiophene rings is 1. The maximum absolute atomic E-state index is 11.7. The summed E-state index contributed by atoms with van der Waals surface area (Å²) in [6.07, 6.45) is 0.309. The van der Waals surface area contributed by atoms with E-state index in [2.05, 4.69) is 10.3 Å². The fraction of sp³-hybridized carbons (Fsp3) is 0.385. The normalized spacial score (nSPS) is 10.6. The Morgan fingerprint density at radius 1 is 1.47 bits per heavy atom. The molecule has 0 saturated carbocycles. The molecule has 0 saturated heterocycles. The number of hydrogen-bond acceptors (Lipinski definition) is 3. The summed E-state index contributed by atoms with van der Waals surface area (Å²) in [6, 6.07) is 3.94. The van der Waals surface area contributed by atoms with Gasteiger partial charge in [-0.3, -0.25) is 9.36 Å². The van der Waals surface area contributed by atoms with Crippen molar-refractivity contribution in [1.29, 1.82) is 0 Å². The van der Waals surface area contributed by atoms with E-state index in [9.17, 15) is 9.59 Å². The lowest BCUT2D eigenvalue weighted by atomic mass is 10.3. The van der Waals surface area contributed by atoms with Crippen molar-refractivity contribution in [2.24, 2.45) is 0 Å². The second kappa shape index (κ2) is 5.88. The molecule has 0 bridgehead atoms. The lowest BCUT2D eigenvalue weighted by Crippen LogP contribution is -2.26. The van der Waals surface area contributed by atoms with Gasteiger partial charge >= 0.3 is 5.69 Å². The maximum Gasteiger partial charge on any atom is 0.325 e. The number of aryl methyl sites for hydroxylation is 1. The molecule has 2 aromatic rings. The van der Waals surface area contributed by atoms with Crippen LogP contribution in [0.5, 0.6) is 0 Å². The molecule has 6 heteroatoms. The monoisotopic (exact) mass is 279 g/mol. The molecule has 0 atom stereocenters. The smallest absolute Gasteiger partial charge is 0.325 e. The van der Waals surface area contributed by atoms with Crippen LogP contribution >= 0.6 is 11.3 Å². The summed E-state index contributed by atoms with van der Waals surface area (Å²) in [5.41, 5.74) is 1.58. The zero-order chi connectivity index (χ0) is 13.8. The van der Waals surface area contributed by atoms with Gasteiger partial charge in [-0.1, -0.05) is 6.07 Å². The molecule has 0 radical (unpaired) electrons. The third-order valence-corrected chi connectivity index (χ3v) is 3.97. The third-order valence-electron chi connectivity index (χ3n) is 3.09. The maximum atomic E-state index is 11.7. The van der Waals surface area contributed by atoms with E-state index >= 15 is 0 Å². The molecule has 2 heterocycles. The van der Waals surface area contributed by atoms with Crippen LogP contribution in [0.25, 0.3) is 0 Å². The Labute approximate surface area is 115 Å². The van der Waals surface area contributed by atoms with Crippen molar-refractivity contribution in [2.45, 2.75) is 33.4 Å². The average Bonchev–Trinajstić information content (AvgIpc) is 2.96. The lowest BCUT2D eigenvalue weighted by molar-refractivity contribution is -0.121. The minimum absolute atomic E-state index is 0.0430. The highest BCUT2D eigenvalue weighted by Gasteiger charge is 2.08. The van der Waals surface area contributed by atoms with E-state index in [0.29, 0.717) is 19.5 Å². The standard InChI is InChI=1S/C13H17N3O2S/c1-9-10(2)16(13(18)15-9)6-5-12(17)14-8-11-4-3-7-19-11/h3-4,7H,5-6,8H2,1-2H3,(H,14,17)(H,15,18). The molecule has 1 amide bonds. The first-order valence-electron chi connectivity index (χ1n) is 6.13. The Morgan fingerprint density at radius 3 is 2.84 bits per heavy atom. The zero-order valence-electron chi connectivity index (χ0n) is 11.0. The number of aromatic nitrogens is 2. The van der Waals surface area contributed by atoms with E-state index in [0.717, 1.165) is 16.3 Å². The van der Waals surface area contributed by atoms with Crippen LogP contribution in [-0.4, -0.2) is 15.5 Å². The number of carbonyl (C=O) groups is 1. The molecular formula is C13H17N3O2S. The number of H-pyrrole nitrogens is 1. The van der Waals surface area contributed by atoms with Crippen LogP contribution in [0.1, 0.15) is 22.7 Å².